The summed E-state index contributed by atoms with van der Waals surface area (Å²) in [5.41, 5.74) is 0.567. The molecule has 0 heterocycles. The Labute approximate surface area is 101 Å². The van der Waals surface area contributed by atoms with Gasteiger partial charge in [0.2, 0.25) is 5.91 Å². The Bertz CT molecular complexity index is 393. The summed E-state index contributed by atoms with van der Waals surface area (Å²) in [5.74, 6) is -0.301. The quantitative estimate of drug-likeness (QED) is 0.659. The summed E-state index contributed by atoms with van der Waals surface area (Å²) in [6.07, 6.45) is 0. The van der Waals surface area contributed by atoms with E-state index < -0.39 is 0 Å². The van der Waals surface area contributed by atoms with Crippen LogP contribution in [0.25, 0.3) is 0 Å². The molecule has 0 aliphatic heterocycles. The van der Waals surface area contributed by atoms with E-state index in [9.17, 15) is 15.0 Å². The minimum Gasteiger partial charge on any atom is -0.504 e. The van der Waals surface area contributed by atoms with Gasteiger partial charge >= 0.3 is 0 Å². The lowest BCUT2D eigenvalue weighted by Gasteiger charge is -2.15. The Balaban J connectivity index is 2.46. The van der Waals surface area contributed by atoms with Crippen LogP contribution in [0.15, 0.2) is 18.2 Å². The zero-order valence-electron chi connectivity index (χ0n) is 10.1. The highest BCUT2D eigenvalue weighted by molar-refractivity contribution is 5.77. The molecule has 3 N–H and O–H groups in total. The van der Waals surface area contributed by atoms with E-state index in [1.165, 1.54) is 6.07 Å². The molecule has 0 bridgehead atoms. The zero-order valence-corrected chi connectivity index (χ0v) is 10.1. The molecular formula is C12H18N2O3. The SMILES string of the molecule is CCN(C)C(=O)CNCc1cccc(O)c1O. The highest BCUT2D eigenvalue weighted by Gasteiger charge is 2.08. The number of phenols is 2. The number of nitrogens with one attached hydrogen (secondary N) is 1. The van der Waals surface area contributed by atoms with E-state index in [0.29, 0.717) is 18.7 Å². The average molecular weight is 238 g/mol. The molecule has 0 aromatic heterocycles. The summed E-state index contributed by atoms with van der Waals surface area (Å²) in [7, 11) is 1.73. The lowest BCUT2D eigenvalue weighted by Crippen LogP contribution is -2.35. The first-order valence-corrected chi connectivity index (χ1v) is 5.50. The van der Waals surface area contributed by atoms with Gasteiger partial charge in [-0.25, -0.2) is 0 Å². The molecule has 0 fully saturated rings. The second-order valence-corrected chi connectivity index (χ2v) is 3.80. The third-order valence-electron chi connectivity index (χ3n) is 2.59. The van der Waals surface area contributed by atoms with E-state index in [1.54, 1.807) is 24.1 Å². The Hall–Kier alpha value is -1.75. The zero-order chi connectivity index (χ0) is 12.8. The molecule has 1 aromatic carbocycles. The van der Waals surface area contributed by atoms with Gasteiger partial charge in [0, 0.05) is 25.7 Å². The van der Waals surface area contributed by atoms with Crippen LogP contribution >= 0.6 is 0 Å². The van der Waals surface area contributed by atoms with Gasteiger partial charge in [0.1, 0.15) is 0 Å². The van der Waals surface area contributed by atoms with Crippen molar-refractivity contribution in [3.8, 4) is 11.5 Å². The second-order valence-electron chi connectivity index (χ2n) is 3.80. The molecule has 0 aliphatic carbocycles. The first-order valence-electron chi connectivity index (χ1n) is 5.50. The molecule has 1 rings (SSSR count). The summed E-state index contributed by atoms with van der Waals surface area (Å²) < 4.78 is 0. The first kappa shape index (κ1) is 13.3. The highest BCUT2D eigenvalue weighted by atomic mass is 16.3. The third-order valence-corrected chi connectivity index (χ3v) is 2.59. The fourth-order valence-electron chi connectivity index (χ4n) is 1.34. The standard InChI is InChI=1S/C12H18N2O3/c1-3-14(2)11(16)8-13-7-9-5-4-6-10(15)12(9)17/h4-6,13,15,17H,3,7-8H2,1-2H3. The maximum atomic E-state index is 11.5. The number of nitrogens with zero attached hydrogens (tertiary/aromatic N) is 1. The van der Waals surface area contributed by atoms with E-state index in [1.807, 2.05) is 6.92 Å². The molecule has 0 aliphatic rings. The second kappa shape index (κ2) is 6.10. The molecule has 1 aromatic rings. The molecule has 0 saturated carbocycles. The molecule has 94 valence electrons. The van der Waals surface area contributed by atoms with E-state index >= 15 is 0 Å². The number of aromatic hydroxyl groups is 2. The van der Waals surface area contributed by atoms with Crippen molar-refractivity contribution in [3.63, 3.8) is 0 Å². The first-order chi connectivity index (χ1) is 8.06. The van der Waals surface area contributed by atoms with E-state index in [2.05, 4.69) is 5.32 Å². The maximum absolute atomic E-state index is 11.5. The van der Waals surface area contributed by atoms with Crippen LogP contribution in [0.2, 0.25) is 0 Å². The van der Waals surface area contributed by atoms with Crippen LogP contribution in [0.3, 0.4) is 0 Å². The number of hydrogen-bond donors (Lipinski definition) is 3. The van der Waals surface area contributed by atoms with Crippen molar-refractivity contribution in [3.05, 3.63) is 23.8 Å². The predicted molar refractivity (Wildman–Crippen MR) is 64.8 cm³/mol. The van der Waals surface area contributed by atoms with E-state index in [0.717, 1.165) is 0 Å². The van der Waals surface area contributed by atoms with Crippen LogP contribution in [-0.4, -0.2) is 41.2 Å². The lowest BCUT2D eigenvalue weighted by atomic mass is 10.2. The normalized spacial score (nSPS) is 10.2. The average Bonchev–Trinajstić information content (AvgIpc) is 2.33. The number of amides is 1. The molecule has 0 radical (unpaired) electrons. The van der Waals surface area contributed by atoms with Crippen molar-refractivity contribution in [1.29, 1.82) is 0 Å². The minimum atomic E-state index is -0.152. The van der Waals surface area contributed by atoms with Gasteiger partial charge < -0.3 is 20.4 Å². The fraction of sp³-hybridized carbons (Fsp3) is 0.417. The molecular weight excluding hydrogens is 220 g/mol. The number of likely N-dealkylation sites (N-methyl/N-ethyl adjacent to an activating group) is 1. The summed E-state index contributed by atoms with van der Waals surface area (Å²) in [6.45, 7) is 3.11. The molecule has 5 heteroatoms. The van der Waals surface area contributed by atoms with Crippen LogP contribution in [0.5, 0.6) is 11.5 Å². The number of para-hydroxylation sites is 1. The lowest BCUT2D eigenvalue weighted by molar-refractivity contribution is -0.128. The van der Waals surface area contributed by atoms with Gasteiger partial charge in [0.25, 0.3) is 0 Å². The summed E-state index contributed by atoms with van der Waals surface area (Å²) in [5, 5.41) is 21.7. The van der Waals surface area contributed by atoms with Crippen molar-refractivity contribution >= 4 is 5.91 Å². The topological polar surface area (TPSA) is 72.8 Å². The molecule has 17 heavy (non-hydrogen) atoms. The number of phenolic OH excluding ortho intramolecular Hbond substituents is 2. The number of hydrogen-bond acceptors (Lipinski definition) is 4. The molecule has 1 amide bonds. The molecule has 0 spiro atoms. The smallest absolute Gasteiger partial charge is 0.236 e. The van der Waals surface area contributed by atoms with Gasteiger partial charge in [-0.05, 0) is 13.0 Å². The molecule has 0 saturated heterocycles. The van der Waals surface area contributed by atoms with E-state index in [4.69, 9.17) is 0 Å². The molecule has 0 atom stereocenters. The van der Waals surface area contributed by atoms with Gasteiger partial charge in [0.05, 0.1) is 6.54 Å². The fourth-order valence-corrected chi connectivity index (χ4v) is 1.34. The molecule has 0 unspecified atom stereocenters. The van der Waals surface area contributed by atoms with Crippen molar-refractivity contribution < 1.29 is 15.0 Å². The van der Waals surface area contributed by atoms with Gasteiger partial charge in [-0.3, -0.25) is 4.79 Å². The van der Waals surface area contributed by atoms with Crippen molar-refractivity contribution in [2.45, 2.75) is 13.5 Å². The van der Waals surface area contributed by atoms with Crippen molar-refractivity contribution in [1.82, 2.24) is 10.2 Å². The van der Waals surface area contributed by atoms with Crippen molar-refractivity contribution in [2.75, 3.05) is 20.1 Å². The van der Waals surface area contributed by atoms with Crippen molar-refractivity contribution in [2.24, 2.45) is 0 Å². The van der Waals surface area contributed by atoms with E-state index in [-0.39, 0.29) is 24.0 Å². The van der Waals surface area contributed by atoms with Gasteiger partial charge in [-0.1, -0.05) is 12.1 Å². The minimum absolute atomic E-state index is 0.00728. The third kappa shape index (κ3) is 3.64. The van der Waals surface area contributed by atoms with Crippen LogP contribution in [0.1, 0.15) is 12.5 Å². The summed E-state index contributed by atoms with van der Waals surface area (Å²) in [4.78, 5) is 13.1. The largest absolute Gasteiger partial charge is 0.504 e. The number of carbonyl (C=O) groups is 1. The van der Waals surface area contributed by atoms with Crippen LogP contribution in [0.4, 0.5) is 0 Å². The Kier molecular flexibility index (Phi) is 4.78. The van der Waals surface area contributed by atoms with Gasteiger partial charge in [-0.15, -0.1) is 0 Å². The highest BCUT2D eigenvalue weighted by Crippen LogP contribution is 2.27. The van der Waals surface area contributed by atoms with Crippen LogP contribution in [-0.2, 0) is 11.3 Å². The molecule has 5 nitrogen and oxygen atoms in total. The number of benzene rings is 1. The van der Waals surface area contributed by atoms with Gasteiger partial charge in [-0.2, -0.15) is 0 Å². The summed E-state index contributed by atoms with van der Waals surface area (Å²) >= 11 is 0. The Morgan fingerprint density at radius 2 is 2.12 bits per heavy atom. The predicted octanol–water partition coefficient (Wildman–Crippen LogP) is 0.666. The van der Waals surface area contributed by atoms with Crippen LogP contribution in [0, 0.1) is 0 Å². The van der Waals surface area contributed by atoms with Gasteiger partial charge in [0.15, 0.2) is 11.5 Å². The number of carbonyl (C=O) groups excluding carboxylic acids is 1. The number of rotatable bonds is 5. The maximum Gasteiger partial charge on any atom is 0.236 e. The Morgan fingerprint density at radius 3 is 2.76 bits per heavy atom. The Morgan fingerprint density at radius 1 is 1.41 bits per heavy atom. The summed E-state index contributed by atoms with van der Waals surface area (Å²) in [6, 6.07) is 4.75. The monoisotopic (exact) mass is 238 g/mol. The van der Waals surface area contributed by atoms with Crippen LogP contribution < -0.4 is 5.32 Å².